The number of fused-ring (bicyclic) bond motifs is 1. The normalized spacial score (nSPS) is 17.9. The molecule has 0 bridgehead atoms. The lowest BCUT2D eigenvalue weighted by Crippen LogP contribution is -2.49. The number of anilines is 1. The van der Waals surface area contributed by atoms with E-state index in [9.17, 15) is 4.79 Å². The molecule has 192 valence electrons. The molecule has 2 aromatic carbocycles. The maximum atomic E-state index is 13.5. The Balaban J connectivity index is 1.39. The number of aromatic amines is 1. The van der Waals surface area contributed by atoms with Gasteiger partial charge in [-0.2, -0.15) is 0 Å². The van der Waals surface area contributed by atoms with Gasteiger partial charge in [0.15, 0.2) is 5.82 Å². The molecule has 2 aliphatic rings. The predicted molar refractivity (Wildman–Crippen MR) is 144 cm³/mol. The smallest absolute Gasteiger partial charge is 0.253 e. The first kappa shape index (κ1) is 23.9. The lowest BCUT2D eigenvalue weighted by molar-refractivity contribution is 0.197. The zero-order chi connectivity index (χ0) is 25.4. The molecule has 1 aliphatic heterocycles. The average molecular weight is 520 g/mol. The summed E-state index contributed by atoms with van der Waals surface area (Å²) in [5.41, 5.74) is 2.40. The van der Waals surface area contributed by atoms with Gasteiger partial charge in [0.2, 0.25) is 0 Å². The Kier molecular flexibility index (Phi) is 6.56. The zero-order valence-corrected chi connectivity index (χ0v) is 21.6. The van der Waals surface area contributed by atoms with E-state index in [4.69, 9.17) is 16.3 Å². The van der Waals surface area contributed by atoms with Crippen LogP contribution in [0.2, 0.25) is 5.02 Å². The van der Waals surface area contributed by atoms with Crippen molar-refractivity contribution in [2.24, 2.45) is 0 Å². The zero-order valence-electron chi connectivity index (χ0n) is 20.8. The Bertz CT molecular complexity index is 1450. The molecule has 1 saturated heterocycles. The van der Waals surface area contributed by atoms with E-state index in [2.05, 4.69) is 36.4 Å². The van der Waals surface area contributed by atoms with Crippen LogP contribution >= 0.6 is 11.6 Å². The van der Waals surface area contributed by atoms with Gasteiger partial charge in [-0.15, -0.1) is 5.10 Å². The van der Waals surface area contributed by atoms with Crippen molar-refractivity contribution in [2.75, 3.05) is 38.2 Å². The second kappa shape index (κ2) is 10.1. The highest BCUT2D eigenvalue weighted by molar-refractivity contribution is 6.30. The van der Waals surface area contributed by atoms with E-state index >= 15 is 0 Å². The van der Waals surface area contributed by atoms with Crippen molar-refractivity contribution in [2.45, 2.75) is 37.8 Å². The van der Waals surface area contributed by atoms with Crippen LogP contribution in [0.15, 0.2) is 53.3 Å². The summed E-state index contributed by atoms with van der Waals surface area (Å²) in [5.74, 6) is 1.48. The highest BCUT2D eigenvalue weighted by Crippen LogP contribution is 2.35. The summed E-state index contributed by atoms with van der Waals surface area (Å²) in [7, 11) is 1.64. The van der Waals surface area contributed by atoms with E-state index in [0.717, 1.165) is 72.2 Å². The van der Waals surface area contributed by atoms with Crippen LogP contribution < -0.4 is 15.2 Å². The molecule has 0 spiro atoms. The number of aromatic nitrogens is 5. The van der Waals surface area contributed by atoms with Crippen molar-refractivity contribution in [1.82, 2.24) is 30.1 Å². The van der Waals surface area contributed by atoms with Crippen LogP contribution in [0.25, 0.3) is 10.9 Å². The summed E-state index contributed by atoms with van der Waals surface area (Å²) in [6, 6.07) is 15.5. The molecule has 10 heteroatoms. The van der Waals surface area contributed by atoms with E-state index in [1.807, 2.05) is 47.1 Å². The molecule has 1 aliphatic carbocycles. The number of hydrogen-bond acceptors (Lipinski definition) is 7. The Morgan fingerprint density at radius 2 is 1.86 bits per heavy atom. The molecule has 1 saturated carbocycles. The first-order chi connectivity index (χ1) is 18.1. The molecule has 3 heterocycles. The van der Waals surface area contributed by atoms with Crippen molar-refractivity contribution < 1.29 is 4.74 Å². The third-order valence-electron chi connectivity index (χ3n) is 7.66. The Labute approximate surface area is 220 Å². The van der Waals surface area contributed by atoms with E-state index in [1.54, 1.807) is 7.11 Å². The van der Waals surface area contributed by atoms with Crippen molar-refractivity contribution in [1.29, 1.82) is 0 Å². The van der Waals surface area contributed by atoms with Crippen molar-refractivity contribution in [3.05, 3.63) is 75.3 Å². The van der Waals surface area contributed by atoms with Gasteiger partial charge in [0.05, 0.1) is 13.2 Å². The molecule has 1 atom stereocenters. The van der Waals surface area contributed by atoms with Crippen molar-refractivity contribution in [3.8, 4) is 5.75 Å². The fraction of sp³-hybridized carbons (Fsp3) is 0.407. The molecule has 2 aromatic heterocycles. The Hall–Kier alpha value is -3.43. The third kappa shape index (κ3) is 4.69. The van der Waals surface area contributed by atoms with Crippen LogP contribution in [0.4, 0.5) is 5.69 Å². The van der Waals surface area contributed by atoms with E-state index < -0.39 is 0 Å². The SMILES string of the molecule is COc1ccc2[nH]c(=O)c(C(c3nnnn3C3CCCC3)N3CCN(c4cccc(Cl)c4)CC3)cc2c1. The van der Waals surface area contributed by atoms with Gasteiger partial charge in [0, 0.05) is 53.4 Å². The van der Waals surface area contributed by atoms with Crippen LogP contribution in [0.1, 0.15) is 49.2 Å². The fourth-order valence-electron chi connectivity index (χ4n) is 5.73. The van der Waals surface area contributed by atoms with Gasteiger partial charge in [0.1, 0.15) is 11.8 Å². The van der Waals surface area contributed by atoms with E-state index in [-0.39, 0.29) is 17.6 Å². The van der Waals surface area contributed by atoms with Crippen molar-refractivity contribution >= 4 is 28.2 Å². The Morgan fingerprint density at radius 3 is 2.62 bits per heavy atom. The maximum Gasteiger partial charge on any atom is 0.253 e. The molecular weight excluding hydrogens is 490 g/mol. The first-order valence-electron chi connectivity index (χ1n) is 12.8. The van der Waals surface area contributed by atoms with Gasteiger partial charge in [-0.1, -0.05) is 30.5 Å². The largest absolute Gasteiger partial charge is 0.497 e. The number of halogens is 1. The van der Waals surface area contributed by atoms with Gasteiger partial charge >= 0.3 is 0 Å². The molecule has 6 rings (SSSR count). The van der Waals surface area contributed by atoms with E-state index in [0.29, 0.717) is 5.56 Å². The summed E-state index contributed by atoms with van der Waals surface area (Å²) in [6.07, 6.45) is 4.45. The van der Waals surface area contributed by atoms with Crippen LogP contribution in [0.3, 0.4) is 0 Å². The molecule has 1 unspecified atom stereocenters. The van der Waals surface area contributed by atoms with Crippen LogP contribution in [0.5, 0.6) is 5.75 Å². The summed E-state index contributed by atoms with van der Waals surface area (Å²) >= 11 is 6.25. The Morgan fingerprint density at radius 1 is 1.05 bits per heavy atom. The fourth-order valence-corrected chi connectivity index (χ4v) is 5.92. The number of benzene rings is 2. The lowest BCUT2D eigenvalue weighted by atomic mass is 10.0. The monoisotopic (exact) mass is 519 g/mol. The molecule has 0 radical (unpaired) electrons. The maximum absolute atomic E-state index is 13.5. The quantitative estimate of drug-likeness (QED) is 0.408. The number of pyridine rings is 1. The molecule has 0 amide bonds. The highest BCUT2D eigenvalue weighted by atomic mass is 35.5. The number of tetrazole rings is 1. The summed E-state index contributed by atoms with van der Waals surface area (Å²) in [5, 5.41) is 14.6. The number of nitrogens with zero attached hydrogens (tertiary/aromatic N) is 6. The third-order valence-corrected chi connectivity index (χ3v) is 7.90. The molecule has 4 aromatic rings. The molecule has 1 N–H and O–H groups in total. The number of piperazine rings is 1. The minimum atomic E-state index is -0.364. The molecule has 2 fully saturated rings. The number of H-pyrrole nitrogens is 1. The molecule has 9 nitrogen and oxygen atoms in total. The number of rotatable bonds is 6. The molecular formula is C27H30ClN7O2. The number of hydrogen-bond donors (Lipinski definition) is 1. The first-order valence-corrected chi connectivity index (χ1v) is 13.2. The second-order valence-electron chi connectivity index (χ2n) is 9.83. The minimum Gasteiger partial charge on any atom is -0.497 e. The van der Waals surface area contributed by atoms with Crippen LogP contribution in [-0.4, -0.2) is 63.4 Å². The van der Waals surface area contributed by atoms with Gasteiger partial charge in [-0.3, -0.25) is 9.69 Å². The van der Waals surface area contributed by atoms with Crippen molar-refractivity contribution in [3.63, 3.8) is 0 Å². The second-order valence-corrected chi connectivity index (χ2v) is 10.3. The summed E-state index contributed by atoms with van der Waals surface area (Å²) in [6.45, 7) is 3.12. The average Bonchev–Trinajstić information content (AvgIpc) is 3.62. The summed E-state index contributed by atoms with van der Waals surface area (Å²) in [4.78, 5) is 21.2. The van der Waals surface area contributed by atoms with Crippen LogP contribution in [0, 0.1) is 0 Å². The van der Waals surface area contributed by atoms with Gasteiger partial charge in [0.25, 0.3) is 5.56 Å². The van der Waals surface area contributed by atoms with E-state index in [1.165, 1.54) is 12.8 Å². The van der Waals surface area contributed by atoms with Crippen LogP contribution in [-0.2, 0) is 0 Å². The lowest BCUT2D eigenvalue weighted by Gasteiger charge is -2.39. The minimum absolute atomic E-state index is 0.124. The highest BCUT2D eigenvalue weighted by Gasteiger charge is 2.34. The number of methoxy groups -OCH3 is 1. The topological polar surface area (TPSA) is 92.2 Å². The number of nitrogens with one attached hydrogen (secondary N) is 1. The number of ether oxygens (including phenoxy) is 1. The van der Waals surface area contributed by atoms with Gasteiger partial charge in [-0.25, -0.2) is 4.68 Å². The van der Waals surface area contributed by atoms with Gasteiger partial charge < -0.3 is 14.6 Å². The standard InChI is InChI=1S/C27H30ClN7O2/c1-37-22-9-10-24-18(15-22)16-23(27(36)29-24)25(26-30-31-32-35(26)20-6-2-3-7-20)34-13-11-33(12-14-34)21-8-4-5-19(28)17-21/h4-5,8-10,15-17,20,25H,2-3,6-7,11-14H2,1H3,(H,29,36). The van der Waals surface area contributed by atoms with Gasteiger partial charge in [-0.05, 0) is 65.7 Å². The molecule has 37 heavy (non-hydrogen) atoms. The predicted octanol–water partition coefficient (Wildman–Crippen LogP) is 4.20. The summed E-state index contributed by atoms with van der Waals surface area (Å²) < 4.78 is 7.40.